The van der Waals surface area contributed by atoms with Gasteiger partial charge in [-0.05, 0) is 67.9 Å². The zero-order valence-electron chi connectivity index (χ0n) is 10.4. The number of rotatable bonds is 1. The standard InChI is InChI=1S/C15H21N/c1-12-3-4-13(11-16-12)15-8-5-14(2,6-9-15)7-10-15/h3-4,11H,5-10H2,1-2H3. The highest BCUT2D eigenvalue weighted by Gasteiger charge is 2.46. The summed E-state index contributed by atoms with van der Waals surface area (Å²) in [5, 5.41) is 0. The molecule has 0 N–H and O–H groups in total. The molecule has 3 aliphatic rings. The first-order valence-electron chi connectivity index (χ1n) is 6.55. The van der Waals surface area contributed by atoms with Gasteiger partial charge in [0.05, 0.1) is 0 Å². The second-order valence-corrected chi connectivity index (χ2v) is 6.28. The molecule has 0 aromatic carbocycles. The summed E-state index contributed by atoms with van der Waals surface area (Å²) in [4.78, 5) is 4.48. The highest BCUT2D eigenvalue weighted by molar-refractivity contribution is 5.26. The molecule has 0 saturated heterocycles. The van der Waals surface area contributed by atoms with E-state index in [1.54, 1.807) is 0 Å². The fourth-order valence-electron chi connectivity index (χ4n) is 3.59. The highest BCUT2D eigenvalue weighted by atomic mass is 14.7. The molecule has 0 spiro atoms. The lowest BCUT2D eigenvalue weighted by atomic mass is 9.53. The van der Waals surface area contributed by atoms with Gasteiger partial charge in [-0.1, -0.05) is 13.0 Å². The number of pyridine rings is 1. The van der Waals surface area contributed by atoms with Crippen molar-refractivity contribution in [1.29, 1.82) is 0 Å². The molecule has 1 nitrogen and oxygen atoms in total. The molecule has 0 amide bonds. The summed E-state index contributed by atoms with van der Waals surface area (Å²) in [5.41, 5.74) is 3.79. The summed E-state index contributed by atoms with van der Waals surface area (Å²) in [5.74, 6) is 0. The molecule has 2 bridgehead atoms. The smallest absolute Gasteiger partial charge is 0.0372 e. The second-order valence-electron chi connectivity index (χ2n) is 6.28. The number of hydrogen-bond acceptors (Lipinski definition) is 1. The van der Waals surface area contributed by atoms with Crippen LogP contribution in [-0.2, 0) is 5.41 Å². The summed E-state index contributed by atoms with van der Waals surface area (Å²) >= 11 is 0. The van der Waals surface area contributed by atoms with Gasteiger partial charge in [0, 0.05) is 11.9 Å². The third-order valence-electron chi connectivity index (χ3n) is 5.15. The third-order valence-corrected chi connectivity index (χ3v) is 5.15. The number of fused-ring (bicyclic) bond motifs is 3. The van der Waals surface area contributed by atoms with Gasteiger partial charge in [-0.3, -0.25) is 4.98 Å². The van der Waals surface area contributed by atoms with Crippen LogP contribution >= 0.6 is 0 Å². The lowest BCUT2D eigenvalue weighted by molar-refractivity contribution is 0.0554. The lowest BCUT2D eigenvalue weighted by Gasteiger charge is -2.52. The Morgan fingerprint density at radius 2 is 1.62 bits per heavy atom. The van der Waals surface area contributed by atoms with Crippen molar-refractivity contribution in [3.63, 3.8) is 0 Å². The number of nitrogens with zero attached hydrogens (tertiary/aromatic N) is 1. The van der Waals surface area contributed by atoms with Crippen LogP contribution in [0.1, 0.15) is 56.7 Å². The van der Waals surface area contributed by atoms with E-state index in [1.165, 1.54) is 44.1 Å². The molecule has 1 aromatic heterocycles. The van der Waals surface area contributed by atoms with Crippen molar-refractivity contribution in [3.05, 3.63) is 29.6 Å². The Kier molecular flexibility index (Phi) is 2.14. The van der Waals surface area contributed by atoms with Gasteiger partial charge in [0.1, 0.15) is 0 Å². The van der Waals surface area contributed by atoms with E-state index in [0.717, 1.165) is 5.69 Å². The molecule has 1 heterocycles. The molecule has 3 aliphatic carbocycles. The predicted octanol–water partition coefficient (Wildman–Crippen LogP) is 4.00. The minimum Gasteiger partial charge on any atom is -0.261 e. The van der Waals surface area contributed by atoms with E-state index < -0.39 is 0 Å². The van der Waals surface area contributed by atoms with E-state index in [2.05, 4.69) is 37.2 Å². The van der Waals surface area contributed by atoms with E-state index in [0.29, 0.717) is 10.8 Å². The Balaban J connectivity index is 1.92. The summed E-state index contributed by atoms with van der Waals surface area (Å²) < 4.78 is 0. The molecule has 0 atom stereocenters. The van der Waals surface area contributed by atoms with Crippen molar-refractivity contribution in [2.24, 2.45) is 5.41 Å². The van der Waals surface area contributed by atoms with Crippen LogP contribution in [0.3, 0.4) is 0 Å². The van der Waals surface area contributed by atoms with Gasteiger partial charge in [0.15, 0.2) is 0 Å². The van der Waals surface area contributed by atoms with E-state index in [1.807, 2.05) is 0 Å². The molecule has 0 unspecified atom stereocenters. The molecule has 3 fully saturated rings. The molecule has 1 heteroatoms. The highest BCUT2D eigenvalue weighted by Crippen LogP contribution is 2.57. The number of aryl methyl sites for hydroxylation is 1. The Labute approximate surface area is 98.3 Å². The summed E-state index contributed by atoms with van der Waals surface area (Å²) in [6.45, 7) is 4.55. The van der Waals surface area contributed by atoms with E-state index in [-0.39, 0.29) is 0 Å². The fraction of sp³-hybridized carbons (Fsp3) is 0.667. The van der Waals surface area contributed by atoms with Gasteiger partial charge in [0.2, 0.25) is 0 Å². The van der Waals surface area contributed by atoms with Crippen molar-refractivity contribution in [2.75, 3.05) is 0 Å². The van der Waals surface area contributed by atoms with Gasteiger partial charge in [0.25, 0.3) is 0 Å². The summed E-state index contributed by atoms with van der Waals surface area (Å²) in [6, 6.07) is 4.49. The van der Waals surface area contributed by atoms with Crippen LogP contribution in [0.2, 0.25) is 0 Å². The van der Waals surface area contributed by atoms with Crippen molar-refractivity contribution in [2.45, 2.75) is 57.8 Å². The van der Waals surface area contributed by atoms with E-state index in [9.17, 15) is 0 Å². The average Bonchev–Trinajstić information content (AvgIpc) is 2.31. The van der Waals surface area contributed by atoms with Gasteiger partial charge in [-0.2, -0.15) is 0 Å². The third kappa shape index (κ3) is 1.49. The van der Waals surface area contributed by atoms with Crippen LogP contribution in [0, 0.1) is 12.3 Å². The summed E-state index contributed by atoms with van der Waals surface area (Å²) in [7, 11) is 0. The molecule has 0 aliphatic heterocycles. The Hall–Kier alpha value is -0.850. The van der Waals surface area contributed by atoms with E-state index >= 15 is 0 Å². The van der Waals surface area contributed by atoms with Crippen molar-refractivity contribution < 1.29 is 0 Å². The SMILES string of the molecule is Cc1ccc(C23CCC(C)(CC2)CC3)cn1. The lowest BCUT2D eigenvalue weighted by Crippen LogP contribution is -2.42. The molecular weight excluding hydrogens is 194 g/mol. The van der Waals surface area contributed by atoms with Crippen LogP contribution in [0.25, 0.3) is 0 Å². The van der Waals surface area contributed by atoms with Crippen LogP contribution in [0.4, 0.5) is 0 Å². The molecule has 16 heavy (non-hydrogen) atoms. The zero-order valence-corrected chi connectivity index (χ0v) is 10.4. The minimum atomic E-state index is 0.485. The van der Waals surface area contributed by atoms with Crippen LogP contribution in [0.15, 0.2) is 18.3 Å². The van der Waals surface area contributed by atoms with Gasteiger partial charge in [-0.15, -0.1) is 0 Å². The second kappa shape index (κ2) is 3.32. The topological polar surface area (TPSA) is 12.9 Å². The monoisotopic (exact) mass is 215 g/mol. The molecule has 0 radical (unpaired) electrons. The van der Waals surface area contributed by atoms with Crippen molar-refractivity contribution in [1.82, 2.24) is 4.98 Å². The molecular formula is C15H21N. The first-order valence-corrected chi connectivity index (χ1v) is 6.55. The molecule has 3 saturated carbocycles. The fourth-order valence-corrected chi connectivity index (χ4v) is 3.59. The Bertz CT molecular complexity index is 366. The van der Waals surface area contributed by atoms with Crippen molar-refractivity contribution >= 4 is 0 Å². The van der Waals surface area contributed by atoms with E-state index in [4.69, 9.17) is 0 Å². The molecule has 86 valence electrons. The van der Waals surface area contributed by atoms with Gasteiger partial charge < -0.3 is 0 Å². The first kappa shape index (κ1) is 10.3. The minimum absolute atomic E-state index is 0.485. The largest absolute Gasteiger partial charge is 0.261 e. The normalized spacial score (nSPS) is 37.6. The maximum Gasteiger partial charge on any atom is 0.0372 e. The summed E-state index contributed by atoms with van der Waals surface area (Å²) in [6.07, 6.45) is 10.5. The number of aromatic nitrogens is 1. The number of hydrogen-bond donors (Lipinski definition) is 0. The Morgan fingerprint density at radius 1 is 1.00 bits per heavy atom. The maximum atomic E-state index is 4.48. The quantitative estimate of drug-likeness (QED) is 0.690. The van der Waals surface area contributed by atoms with Gasteiger partial charge in [-0.25, -0.2) is 0 Å². The van der Waals surface area contributed by atoms with Crippen LogP contribution in [-0.4, -0.2) is 4.98 Å². The van der Waals surface area contributed by atoms with Crippen LogP contribution < -0.4 is 0 Å². The molecule has 4 rings (SSSR count). The Morgan fingerprint density at radius 3 is 2.12 bits per heavy atom. The van der Waals surface area contributed by atoms with Crippen LogP contribution in [0.5, 0.6) is 0 Å². The zero-order chi connectivity index (χ0) is 11.2. The van der Waals surface area contributed by atoms with Gasteiger partial charge >= 0.3 is 0 Å². The average molecular weight is 215 g/mol. The van der Waals surface area contributed by atoms with Crippen molar-refractivity contribution in [3.8, 4) is 0 Å². The maximum absolute atomic E-state index is 4.48. The first-order chi connectivity index (χ1) is 7.62. The predicted molar refractivity (Wildman–Crippen MR) is 66.5 cm³/mol. The molecule has 1 aromatic rings.